The Balaban J connectivity index is 4.68. The van der Waals surface area contributed by atoms with Crippen LogP contribution >= 0.6 is 0 Å². The van der Waals surface area contributed by atoms with Crippen molar-refractivity contribution in [3.63, 3.8) is 0 Å². The Morgan fingerprint density at radius 2 is 1.50 bits per heavy atom. The smallest absolute Gasteiger partial charge is 0.392 e. The molecule has 1 N–H and O–H groups in total. The molecule has 0 rings (SSSR count). The standard InChI is InChI=1S/C5H4F6O/c6-4(7,8)1-3(2-12)5(9,10)11/h1,12H,2H2/b3-1+. The van der Waals surface area contributed by atoms with Crippen LogP contribution in [-0.2, 0) is 0 Å². The highest BCUT2D eigenvalue weighted by atomic mass is 19.4. The lowest BCUT2D eigenvalue weighted by atomic mass is 10.2. The van der Waals surface area contributed by atoms with Gasteiger partial charge in [-0.3, -0.25) is 0 Å². The molecule has 0 aliphatic carbocycles. The van der Waals surface area contributed by atoms with Gasteiger partial charge >= 0.3 is 12.4 Å². The fourth-order valence-corrected chi connectivity index (χ4v) is 0.415. The number of aliphatic hydroxyl groups is 1. The normalized spacial score (nSPS) is 15.1. The first-order valence-corrected chi connectivity index (χ1v) is 2.63. The van der Waals surface area contributed by atoms with Gasteiger partial charge in [0, 0.05) is 6.08 Å². The number of rotatable bonds is 1. The van der Waals surface area contributed by atoms with E-state index in [1.807, 2.05) is 0 Å². The average Bonchev–Trinajstić information content (AvgIpc) is 1.78. The van der Waals surface area contributed by atoms with Crippen molar-refractivity contribution in [3.05, 3.63) is 11.6 Å². The zero-order valence-corrected chi connectivity index (χ0v) is 5.50. The highest BCUT2D eigenvalue weighted by Gasteiger charge is 2.37. The van der Waals surface area contributed by atoms with E-state index in [0.29, 0.717) is 0 Å². The minimum absolute atomic E-state index is 0.965. The fraction of sp³-hybridized carbons (Fsp3) is 0.600. The lowest BCUT2D eigenvalue weighted by Crippen LogP contribution is -2.18. The maximum absolute atomic E-state index is 11.5. The Morgan fingerprint density at radius 3 is 1.58 bits per heavy atom. The van der Waals surface area contributed by atoms with Crippen molar-refractivity contribution in [1.82, 2.24) is 0 Å². The minimum Gasteiger partial charge on any atom is -0.392 e. The predicted molar refractivity (Wildman–Crippen MR) is 27.3 cm³/mol. The SMILES string of the molecule is OC/C(=C\C(F)(F)F)C(F)(F)F. The first kappa shape index (κ1) is 11.3. The van der Waals surface area contributed by atoms with Crippen LogP contribution in [0.4, 0.5) is 26.3 Å². The molecule has 12 heavy (non-hydrogen) atoms. The number of allylic oxidation sites excluding steroid dienone is 1. The maximum Gasteiger partial charge on any atom is 0.414 e. The molecule has 0 bridgehead atoms. The van der Waals surface area contributed by atoms with E-state index in [2.05, 4.69) is 0 Å². The molecule has 0 spiro atoms. The summed E-state index contributed by atoms with van der Waals surface area (Å²) in [7, 11) is 0. The van der Waals surface area contributed by atoms with Gasteiger partial charge in [0.2, 0.25) is 0 Å². The molecule has 0 aliphatic rings. The number of alkyl halides is 6. The van der Waals surface area contributed by atoms with Crippen molar-refractivity contribution in [1.29, 1.82) is 0 Å². The summed E-state index contributed by atoms with van der Waals surface area (Å²) in [6.45, 7) is -1.68. The lowest BCUT2D eigenvalue weighted by Gasteiger charge is -2.09. The Labute approximate surface area is 63.3 Å². The van der Waals surface area contributed by atoms with E-state index in [1.165, 1.54) is 0 Å². The summed E-state index contributed by atoms with van der Waals surface area (Å²) in [6, 6.07) is 0. The molecule has 0 amide bonds. The molecule has 0 radical (unpaired) electrons. The summed E-state index contributed by atoms with van der Waals surface area (Å²) in [5.74, 6) is 0. The van der Waals surface area contributed by atoms with E-state index in [9.17, 15) is 26.3 Å². The van der Waals surface area contributed by atoms with Crippen LogP contribution in [0.15, 0.2) is 11.6 Å². The second-order valence-corrected chi connectivity index (χ2v) is 1.87. The van der Waals surface area contributed by atoms with E-state index >= 15 is 0 Å². The molecule has 0 aromatic carbocycles. The zero-order valence-electron chi connectivity index (χ0n) is 5.50. The van der Waals surface area contributed by atoms with Gasteiger partial charge < -0.3 is 5.11 Å². The monoisotopic (exact) mass is 194 g/mol. The highest BCUT2D eigenvalue weighted by molar-refractivity contribution is 5.11. The largest absolute Gasteiger partial charge is 0.414 e. The average molecular weight is 194 g/mol. The van der Waals surface area contributed by atoms with E-state index in [0.717, 1.165) is 0 Å². The van der Waals surface area contributed by atoms with Gasteiger partial charge in [-0.15, -0.1) is 0 Å². The van der Waals surface area contributed by atoms with E-state index in [-0.39, 0.29) is 0 Å². The second kappa shape index (κ2) is 3.34. The van der Waals surface area contributed by atoms with Crippen LogP contribution in [0.5, 0.6) is 0 Å². The van der Waals surface area contributed by atoms with Gasteiger partial charge in [-0.25, -0.2) is 0 Å². The van der Waals surface area contributed by atoms with Crippen molar-refractivity contribution in [2.75, 3.05) is 6.61 Å². The molecule has 0 heterocycles. The summed E-state index contributed by atoms with van der Waals surface area (Å²) < 4.78 is 68.6. The van der Waals surface area contributed by atoms with Gasteiger partial charge in [0.1, 0.15) is 0 Å². The molecular weight excluding hydrogens is 190 g/mol. The van der Waals surface area contributed by atoms with Gasteiger partial charge in [0.15, 0.2) is 0 Å². The van der Waals surface area contributed by atoms with Gasteiger partial charge in [-0.2, -0.15) is 26.3 Å². The van der Waals surface area contributed by atoms with Crippen molar-refractivity contribution in [2.24, 2.45) is 0 Å². The lowest BCUT2D eigenvalue weighted by molar-refractivity contribution is -0.112. The van der Waals surface area contributed by atoms with E-state index in [4.69, 9.17) is 5.11 Å². The third-order valence-corrected chi connectivity index (χ3v) is 0.872. The van der Waals surface area contributed by atoms with Crippen LogP contribution in [0.3, 0.4) is 0 Å². The summed E-state index contributed by atoms with van der Waals surface area (Å²) in [6.07, 6.45) is -11.2. The fourth-order valence-electron chi connectivity index (χ4n) is 0.415. The van der Waals surface area contributed by atoms with Crippen molar-refractivity contribution >= 4 is 0 Å². The first-order chi connectivity index (χ1) is 5.17. The van der Waals surface area contributed by atoms with Gasteiger partial charge in [-0.1, -0.05) is 0 Å². The molecule has 0 unspecified atom stereocenters. The number of hydrogen-bond acceptors (Lipinski definition) is 1. The van der Waals surface area contributed by atoms with E-state index in [1.54, 1.807) is 0 Å². The minimum atomic E-state index is -5.13. The highest BCUT2D eigenvalue weighted by Crippen LogP contribution is 2.29. The van der Waals surface area contributed by atoms with Crippen molar-refractivity contribution in [3.8, 4) is 0 Å². The third-order valence-electron chi connectivity index (χ3n) is 0.872. The molecule has 0 fully saturated rings. The second-order valence-electron chi connectivity index (χ2n) is 1.87. The molecule has 1 nitrogen and oxygen atoms in total. The van der Waals surface area contributed by atoms with Crippen LogP contribution in [0.2, 0.25) is 0 Å². The molecule has 0 aromatic rings. The molecule has 0 saturated heterocycles. The molecule has 0 aliphatic heterocycles. The van der Waals surface area contributed by atoms with E-state index < -0.39 is 30.6 Å². The Kier molecular flexibility index (Phi) is 3.14. The van der Waals surface area contributed by atoms with Crippen LogP contribution < -0.4 is 0 Å². The molecular formula is C5H4F6O. The molecule has 0 atom stereocenters. The van der Waals surface area contributed by atoms with Gasteiger partial charge in [-0.05, 0) is 0 Å². The summed E-state index contributed by atoms with van der Waals surface area (Å²) in [5.41, 5.74) is -2.00. The van der Waals surface area contributed by atoms with Gasteiger partial charge in [0.05, 0.1) is 12.2 Å². The number of halogens is 6. The van der Waals surface area contributed by atoms with Crippen molar-refractivity contribution in [2.45, 2.75) is 12.4 Å². The molecule has 72 valence electrons. The predicted octanol–water partition coefficient (Wildman–Crippen LogP) is 2.03. The maximum atomic E-state index is 11.5. The zero-order chi connectivity index (χ0) is 9.99. The number of hydrogen-bond donors (Lipinski definition) is 1. The Hall–Kier alpha value is -0.720. The first-order valence-electron chi connectivity index (χ1n) is 2.63. The third kappa shape index (κ3) is 4.22. The van der Waals surface area contributed by atoms with Crippen LogP contribution in [0, 0.1) is 0 Å². The molecule has 0 saturated carbocycles. The topological polar surface area (TPSA) is 20.2 Å². The number of aliphatic hydroxyl groups excluding tert-OH is 1. The Morgan fingerprint density at radius 1 is 1.08 bits per heavy atom. The quantitative estimate of drug-likeness (QED) is 0.500. The van der Waals surface area contributed by atoms with Crippen LogP contribution in [0.1, 0.15) is 0 Å². The molecule has 0 aromatic heterocycles. The summed E-state index contributed by atoms with van der Waals surface area (Å²) >= 11 is 0. The van der Waals surface area contributed by atoms with Gasteiger partial charge in [0.25, 0.3) is 0 Å². The van der Waals surface area contributed by atoms with Crippen LogP contribution in [0.25, 0.3) is 0 Å². The van der Waals surface area contributed by atoms with Crippen LogP contribution in [-0.4, -0.2) is 24.1 Å². The summed E-state index contributed by atoms with van der Waals surface area (Å²) in [5, 5.41) is 7.94. The summed E-state index contributed by atoms with van der Waals surface area (Å²) in [4.78, 5) is 0. The van der Waals surface area contributed by atoms with Crippen molar-refractivity contribution < 1.29 is 31.4 Å². The molecule has 7 heteroatoms. The Bertz CT molecular complexity index is 175.